The van der Waals surface area contributed by atoms with E-state index in [4.69, 9.17) is 5.73 Å². The molecule has 0 radical (unpaired) electrons. The smallest absolute Gasteiger partial charge is 0.243 e. The van der Waals surface area contributed by atoms with Crippen molar-refractivity contribution in [3.63, 3.8) is 0 Å². The van der Waals surface area contributed by atoms with Crippen LogP contribution < -0.4 is 10.5 Å². The Balaban J connectivity index is 3.26. The highest BCUT2D eigenvalue weighted by Gasteiger charge is 2.26. The van der Waals surface area contributed by atoms with Gasteiger partial charge < -0.3 is 5.73 Å². The molecule has 0 fully saturated rings. The molecule has 0 unspecified atom stereocenters. The molecule has 0 aliphatic carbocycles. The highest BCUT2D eigenvalue weighted by Crippen LogP contribution is 2.27. The van der Waals surface area contributed by atoms with Crippen molar-refractivity contribution in [1.29, 1.82) is 0 Å². The zero-order valence-electron chi connectivity index (χ0n) is 10.4. The van der Waals surface area contributed by atoms with Crippen LogP contribution in [0, 0.1) is 5.82 Å². The van der Waals surface area contributed by atoms with Gasteiger partial charge in [-0.1, -0.05) is 6.92 Å². The molecule has 0 aliphatic heterocycles. The molecule has 1 aromatic rings. The molecule has 1 aromatic carbocycles. The molecule has 4 nitrogen and oxygen atoms in total. The minimum Gasteiger partial charge on any atom is -0.398 e. The van der Waals surface area contributed by atoms with Gasteiger partial charge in [0, 0.05) is 5.54 Å². The fraction of sp³-hybridized carbons (Fsp3) is 0.455. The van der Waals surface area contributed by atoms with Crippen molar-refractivity contribution in [3.8, 4) is 0 Å². The van der Waals surface area contributed by atoms with Gasteiger partial charge in [-0.2, -0.15) is 0 Å². The Hall–Kier alpha value is -0.660. The van der Waals surface area contributed by atoms with Crippen LogP contribution in [0.5, 0.6) is 0 Å². The van der Waals surface area contributed by atoms with Crippen LogP contribution in [0.2, 0.25) is 0 Å². The first-order valence-corrected chi connectivity index (χ1v) is 7.65. The minimum absolute atomic E-state index is 0.0615. The van der Waals surface area contributed by atoms with E-state index >= 15 is 0 Å². The Bertz CT molecular complexity index is 558. The summed E-state index contributed by atoms with van der Waals surface area (Å²) in [6, 6.07) is 2.15. The van der Waals surface area contributed by atoms with Crippen molar-refractivity contribution in [2.24, 2.45) is 0 Å². The molecule has 0 heterocycles. The van der Waals surface area contributed by atoms with Crippen LogP contribution in [0.1, 0.15) is 27.2 Å². The van der Waals surface area contributed by atoms with Crippen LogP contribution in [0.25, 0.3) is 0 Å². The second-order valence-electron chi connectivity index (χ2n) is 4.65. The molecule has 7 heteroatoms. The quantitative estimate of drug-likeness (QED) is 0.829. The van der Waals surface area contributed by atoms with Crippen molar-refractivity contribution < 1.29 is 12.8 Å². The fourth-order valence-electron chi connectivity index (χ4n) is 1.27. The lowest BCUT2D eigenvalue weighted by molar-refractivity contribution is 0.439. The maximum atomic E-state index is 13.2. The molecule has 0 spiro atoms. The molecule has 0 aromatic heterocycles. The van der Waals surface area contributed by atoms with Gasteiger partial charge in [-0.05, 0) is 48.3 Å². The maximum Gasteiger partial charge on any atom is 0.243 e. The van der Waals surface area contributed by atoms with Crippen molar-refractivity contribution in [1.82, 2.24) is 4.72 Å². The van der Waals surface area contributed by atoms with Gasteiger partial charge in [-0.25, -0.2) is 17.5 Å². The molecule has 0 amide bonds. The molecule has 3 N–H and O–H groups in total. The van der Waals surface area contributed by atoms with E-state index in [1.165, 1.54) is 6.07 Å². The summed E-state index contributed by atoms with van der Waals surface area (Å²) in [5, 5.41) is 0. The lowest BCUT2D eigenvalue weighted by atomic mass is 10.0. The number of nitrogen functional groups attached to an aromatic ring is 1. The molecular formula is C11H16BrFN2O2S. The number of nitrogens with two attached hydrogens (primary N) is 1. The summed E-state index contributed by atoms with van der Waals surface area (Å²) in [4.78, 5) is -0.127. The molecule has 0 saturated carbocycles. The second kappa shape index (κ2) is 5.14. The Morgan fingerprint density at radius 3 is 2.50 bits per heavy atom. The molecule has 18 heavy (non-hydrogen) atoms. The van der Waals surface area contributed by atoms with Gasteiger partial charge in [-0.15, -0.1) is 0 Å². The summed E-state index contributed by atoms with van der Waals surface area (Å²) in [5.41, 5.74) is 4.85. The monoisotopic (exact) mass is 338 g/mol. The molecule has 102 valence electrons. The third-order valence-corrected chi connectivity index (χ3v) is 5.00. The first kappa shape index (κ1) is 15.4. The average Bonchev–Trinajstić information content (AvgIpc) is 2.21. The van der Waals surface area contributed by atoms with Gasteiger partial charge in [0.2, 0.25) is 10.0 Å². The highest BCUT2D eigenvalue weighted by molar-refractivity contribution is 9.10. The van der Waals surface area contributed by atoms with E-state index in [1.807, 2.05) is 6.92 Å². The summed E-state index contributed by atoms with van der Waals surface area (Å²) in [7, 11) is -3.77. The van der Waals surface area contributed by atoms with Gasteiger partial charge in [0.05, 0.1) is 10.2 Å². The van der Waals surface area contributed by atoms with Crippen molar-refractivity contribution in [2.75, 3.05) is 5.73 Å². The standard InChI is InChI=1S/C11H16BrFN2O2S/c1-4-11(2,3)15-18(16,17)10-5-7(12)8(13)6-9(10)14/h5-6,15H,4,14H2,1-3H3. The molecule has 0 saturated heterocycles. The fourth-order valence-corrected chi connectivity index (χ4v) is 3.39. The topological polar surface area (TPSA) is 72.2 Å². The van der Waals surface area contributed by atoms with Crippen LogP contribution in [0.3, 0.4) is 0 Å². The van der Waals surface area contributed by atoms with Gasteiger partial charge in [0.15, 0.2) is 0 Å². The Labute approximate surface area is 115 Å². The summed E-state index contributed by atoms with van der Waals surface area (Å²) < 4.78 is 40.1. The first-order chi connectivity index (χ1) is 8.09. The third kappa shape index (κ3) is 3.43. The third-order valence-electron chi connectivity index (χ3n) is 2.64. The predicted octanol–water partition coefficient (Wildman–Crippen LogP) is 2.64. The SMILES string of the molecule is CCC(C)(C)NS(=O)(=O)c1cc(Br)c(F)cc1N. The zero-order chi connectivity index (χ0) is 14.1. The Morgan fingerprint density at radius 1 is 1.44 bits per heavy atom. The Morgan fingerprint density at radius 2 is 2.00 bits per heavy atom. The summed E-state index contributed by atoms with van der Waals surface area (Å²) in [6.45, 7) is 5.39. The molecule has 0 aliphatic rings. The molecule has 1 rings (SSSR count). The van der Waals surface area contributed by atoms with Gasteiger partial charge in [-0.3, -0.25) is 0 Å². The minimum atomic E-state index is -3.77. The number of hydrogen-bond acceptors (Lipinski definition) is 3. The van der Waals surface area contributed by atoms with Gasteiger partial charge in [0.25, 0.3) is 0 Å². The average molecular weight is 339 g/mol. The molecule has 0 bridgehead atoms. The van der Waals surface area contributed by atoms with Gasteiger partial charge >= 0.3 is 0 Å². The van der Waals surface area contributed by atoms with E-state index in [0.717, 1.165) is 6.07 Å². The van der Waals surface area contributed by atoms with Crippen LogP contribution in [-0.2, 0) is 10.0 Å². The van der Waals surface area contributed by atoms with Crippen molar-refractivity contribution in [3.05, 3.63) is 22.4 Å². The zero-order valence-corrected chi connectivity index (χ0v) is 12.8. The van der Waals surface area contributed by atoms with E-state index in [-0.39, 0.29) is 15.1 Å². The number of rotatable bonds is 4. The van der Waals surface area contributed by atoms with E-state index in [0.29, 0.717) is 6.42 Å². The van der Waals surface area contributed by atoms with Crippen LogP contribution >= 0.6 is 15.9 Å². The van der Waals surface area contributed by atoms with E-state index < -0.39 is 21.4 Å². The lowest BCUT2D eigenvalue weighted by Gasteiger charge is -2.24. The second-order valence-corrected chi connectivity index (χ2v) is 7.15. The number of hydrogen-bond donors (Lipinski definition) is 2. The molecule has 0 atom stereocenters. The van der Waals surface area contributed by atoms with E-state index in [9.17, 15) is 12.8 Å². The predicted molar refractivity (Wildman–Crippen MR) is 73.2 cm³/mol. The van der Waals surface area contributed by atoms with Crippen molar-refractivity contribution >= 4 is 31.6 Å². The number of benzene rings is 1. The number of halogens is 2. The Kier molecular flexibility index (Phi) is 4.40. The maximum absolute atomic E-state index is 13.2. The normalized spacial score (nSPS) is 12.7. The summed E-state index contributed by atoms with van der Waals surface area (Å²) in [5.74, 6) is -0.596. The number of sulfonamides is 1. The number of nitrogens with one attached hydrogen (secondary N) is 1. The van der Waals surface area contributed by atoms with Crippen molar-refractivity contribution in [2.45, 2.75) is 37.6 Å². The van der Waals surface area contributed by atoms with Crippen LogP contribution in [0.15, 0.2) is 21.5 Å². The summed E-state index contributed by atoms with van der Waals surface area (Å²) in [6.07, 6.45) is 0.620. The lowest BCUT2D eigenvalue weighted by Crippen LogP contribution is -2.42. The number of anilines is 1. The highest BCUT2D eigenvalue weighted by atomic mass is 79.9. The summed E-state index contributed by atoms with van der Waals surface area (Å²) >= 11 is 2.95. The largest absolute Gasteiger partial charge is 0.398 e. The van der Waals surface area contributed by atoms with Crippen LogP contribution in [-0.4, -0.2) is 14.0 Å². The van der Waals surface area contributed by atoms with Gasteiger partial charge in [0.1, 0.15) is 10.7 Å². The first-order valence-electron chi connectivity index (χ1n) is 5.37. The van der Waals surface area contributed by atoms with E-state index in [1.54, 1.807) is 13.8 Å². The van der Waals surface area contributed by atoms with Crippen LogP contribution in [0.4, 0.5) is 10.1 Å². The molecular weight excluding hydrogens is 323 g/mol. The van der Waals surface area contributed by atoms with E-state index in [2.05, 4.69) is 20.7 Å².